The van der Waals surface area contributed by atoms with Crippen molar-refractivity contribution in [1.29, 1.82) is 0 Å². The number of carbonyl (C=O) groups is 1. The molecule has 0 saturated carbocycles. The fraction of sp³-hybridized carbons (Fsp3) is 0.364. The molecule has 0 aliphatic carbocycles. The van der Waals surface area contributed by atoms with Gasteiger partial charge in [0.1, 0.15) is 5.75 Å². The van der Waals surface area contributed by atoms with Crippen LogP contribution in [0.25, 0.3) is 0 Å². The molecule has 1 rings (SSSR count). The van der Waals surface area contributed by atoms with E-state index >= 15 is 0 Å². The molecule has 5 heteroatoms. The maximum atomic E-state index is 10.6. The standard InChI is InChI=1S/C11H16N2O3/c1-16-10-3-2-7(5-11(14)15)4-8(10)9(13)6-12/h2-4,9H,5-6,12-13H2,1H3,(H,14,15)/t9-/m1/s1. The van der Waals surface area contributed by atoms with Crippen LogP contribution in [0, 0.1) is 0 Å². The fourth-order valence-electron chi connectivity index (χ4n) is 1.49. The highest BCUT2D eigenvalue weighted by atomic mass is 16.5. The van der Waals surface area contributed by atoms with Gasteiger partial charge < -0.3 is 21.3 Å². The first-order valence-corrected chi connectivity index (χ1v) is 4.92. The highest BCUT2D eigenvalue weighted by molar-refractivity contribution is 5.70. The molecule has 0 aliphatic heterocycles. The smallest absolute Gasteiger partial charge is 0.307 e. The summed E-state index contributed by atoms with van der Waals surface area (Å²) >= 11 is 0. The summed E-state index contributed by atoms with van der Waals surface area (Å²) in [5.41, 5.74) is 12.7. The molecule has 0 saturated heterocycles. The van der Waals surface area contributed by atoms with Crippen molar-refractivity contribution >= 4 is 5.97 Å². The number of methoxy groups -OCH3 is 1. The molecule has 0 radical (unpaired) electrons. The first-order valence-electron chi connectivity index (χ1n) is 4.92. The second-order valence-corrected chi connectivity index (χ2v) is 3.49. The van der Waals surface area contributed by atoms with Gasteiger partial charge in [0.05, 0.1) is 13.5 Å². The van der Waals surface area contributed by atoms with Crippen LogP contribution in [0.2, 0.25) is 0 Å². The summed E-state index contributed by atoms with van der Waals surface area (Å²) in [6, 6.07) is 4.80. The van der Waals surface area contributed by atoms with Crippen molar-refractivity contribution in [3.05, 3.63) is 29.3 Å². The summed E-state index contributed by atoms with van der Waals surface area (Å²) in [4.78, 5) is 10.6. The van der Waals surface area contributed by atoms with Gasteiger partial charge in [-0.3, -0.25) is 4.79 Å². The molecule has 0 aromatic heterocycles. The maximum absolute atomic E-state index is 10.6. The minimum absolute atomic E-state index is 0.0334. The summed E-state index contributed by atoms with van der Waals surface area (Å²) in [5.74, 6) is -0.246. The van der Waals surface area contributed by atoms with Crippen molar-refractivity contribution in [2.45, 2.75) is 12.5 Å². The zero-order valence-electron chi connectivity index (χ0n) is 9.14. The lowest BCUT2D eigenvalue weighted by Gasteiger charge is -2.15. The van der Waals surface area contributed by atoms with Gasteiger partial charge in [0, 0.05) is 18.2 Å². The summed E-state index contributed by atoms with van der Waals surface area (Å²) in [7, 11) is 1.54. The maximum Gasteiger partial charge on any atom is 0.307 e. The third-order valence-corrected chi connectivity index (χ3v) is 2.30. The van der Waals surface area contributed by atoms with Gasteiger partial charge in [-0.2, -0.15) is 0 Å². The zero-order valence-corrected chi connectivity index (χ0v) is 9.14. The molecular weight excluding hydrogens is 208 g/mol. The van der Waals surface area contributed by atoms with Crippen LogP contribution >= 0.6 is 0 Å². The lowest BCUT2D eigenvalue weighted by molar-refractivity contribution is -0.136. The Morgan fingerprint density at radius 3 is 2.75 bits per heavy atom. The van der Waals surface area contributed by atoms with E-state index in [9.17, 15) is 4.79 Å². The van der Waals surface area contributed by atoms with Crippen LogP contribution in [-0.4, -0.2) is 24.7 Å². The Labute approximate surface area is 94.0 Å². The quantitative estimate of drug-likeness (QED) is 0.667. The molecule has 1 aromatic rings. The Morgan fingerprint density at radius 2 is 2.25 bits per heavy atom. The van der Waals surface area contributed by atoms with Crippen molar-refractivity contribution in [1.82, 2.24) is 0 Å². The third-order valence-electron chi connectivity index (χ3n) is 2.30. The van der Waals surface area contributed by atoms with E-state index in [1.54, 1.807) is 25.3 Å². The van der Waals surface area contributed by atoms with Gasteiger partial charge in [-0.15, -0.1) is 0 Å². The van der Waals surface area contributed by atoms with E-state index in [-0.39, 0.29) is 19.0 Å². The number of rotatable bonds is 5. The molecule has 0 spiro atoms. The molecule has 0 heterocycles. The lowest BCUT2D eigenvalue weighted by Crippen LogP contribution is -2.21. The van der Waals surface area contributed by atoms with Crippen LogP contribution in [0.1, 0.15) is 17.2 Å². The van der Waals surface area contributed by atoms with E-state index < -0.39 is 5.97 Å². The molecule has 88 valence electrons. The Kier molecular flexibility index (Phi) is 4.28. The third kappa shape index (κ3) is 2.95. The molecule has 5 N–H and O–H groups in total. The number of ether oxygens (including phenoxy) is 1. The van der Waals surface area contributed by atoms with Gasteiger partial charge in [0.15, 0.2) is 0 Å². The molecule has 1 atom stereocenters. The minimum atomic E-state index is -0.877. The number of carboxylic acids is 1. The first-order chi connectivity index (χ1) is 7.58. The molecular formula is C11H16N2O3. The molecule has 0 aliphatic rings. The minimum Gasteiger partial charge on any atom is -0.496 e. The number of hydrogen-bond acceptors (Lipinski definition) is 4. The van der Waals surface area contributed by atoms with Crippen LogP contribution in [0.5, 0.6) is 5.75 Å². The van der Waals surface area contributed by atoms with Crippen LogP contribution in [0.4, 0.5) is 0 Å². The van der Waals surface area contributed by atoms with E-state index in [1.165, 1.54) is 0 Å². The van der Waals surface area contributed by atoms with Crippen LogP contribution in [-0.2, 0) is 11.2 Å². The summed E-state index contributed by atoms with van der Waals surface area (Å²) < 4.78 is 5.15. The lowest BCUT2D eigenvalue weighted by atomic mass is 10.0. The Bertz CT molecular complexity index is 379. The summed E-state index contributed by atoms with van der Waals surface area (Å²) in [6.45, 7) is 0.285. The predicted octanol–water partition coefficient (Wildman–Crippen LogP) is 0.281. The van der Waals surface area contributed by atoms with Gasteiger partial charge >= 0.3 is 5.97 Å². The SMILES string of the molecule is COc1ccc(CC(=O)O)cc1[C@H](N)CN. The van der Waals surface area contributed by atoms with Gasteiger partial charge in [-0.05, 0) is 17.7 Å². The molecule has 0 amide bonds. The fourth-order valence-corrected chi connectivity index (χ4v) is 1.49. The Hall–Kier alpha value is -1.59. The highest BCUT2D eigenvalue weighted by Crippen LogP contribution is 2.24. The highest BCUT2D eigenvalue weighted by Gasteiger charge is 2.12. The van der Waals surface area contributed by atoms with Gasteiger partial charge in [-0.25, -0.2) is 0 Å². The van der Waals surface area contributed by atoms with Crippen molar-refractivity contribution in [3.63, 3.8) is 0 Å². The molecule has 0 unspecified atom stereocenters. The molecule has 5 nitrogen and oxygen atoms in total. The van der Waals surface area contributed by atoms with Crippen molar-refractivity contribution in [3.8, 4) is 5.75 Å². The zero-order chi connectivity index (χ0) is 12.1. The van der Waals surface area contributed by atoms with Gasteiger partial charge in [0.2, 0.25) is 0 Å². The van der Waals surface area contributed by atoms with Crippen molar-refractivity contribution in [2.75, 3.05) is 13.7 Å². The first kappa shape index (κ1) is 12.5. The van der Waals surface area contributed by atoms with E-state index in [4.69, 9.17) is 21.3 Å². The topological polar surface area (TPSA) is 98.6 Å². The van der Waals surface area contributed by atoms with Crippen LogP contribution in [0.15, 0.2) is 18.2 Å². The Balaban J connectivity index is 3.05. The van der Waals surface area contributed by atoms with E-state index in [1.807, 2.05) is 0 Å². The Morgan fingerprint density at radius 1 is 1.56 bits per heavy atom. The average molecular weight is 224 g/mol. The summed E-state index contributed by atoms with van der Waals surface area (Å²) in [6.07, 6.45) is -0.0334. The molecule has 16 heavy (non-hydrogen) atoms. The van der Waals surface area contributed by atoms with Crippen LogP contribution in [0.3, 0.4) is 0 Å². The number of carboxylic acid groups (broad SMARTS) is 1. The normalized spacial score (nSPS) is 12.2. The molecule has 0 fully saturated rings. The van der Waals surface area contributed by atoms with Crippen LogP contribution < -0.4 is 16.2 Å². The number of nitrogens with two attached hydrogens (primary N) is 2. The van der Waals surface area contributed by atoms with E-state index in [0.717, 1.165) is 5.56 Å². The summed E-state index contributed by atoms with van der Waals surface area (Å²) in [5, 5.41) is 8.69. The second-order valence-electron chi connectivity index (χ2n) is 3.49. The number of benzene rings is 1. The molecule has 0 bridgehead atoms. The largest absolute Gasteiger partial charge is 0.496 e. The molecule has 1 aromatic carbocycles. The van der Waals surface area contributed by atoms with Gasteiger partial charge in [0.25, 0.3) is 0 Å². The number of hydrogen-bond donors (Lipinski definition) is 3. The van der Waals surface area contributed by atoms with Crippen molar-refractivity contribution < 1.29 is 14.6 Å². The van der Waals surface area contributed by atoms with E-state index in [0.29, 0.717) is 11.3 Å². The number of aliphatic carboxylic acids is 1. The second kappa shape index (κ2) is 5.48. The average Bonchev–Trinajstić information content (AvgIpc) is 2.27. The monoisotopic (exact) mass is 224 g/mol. The van der Waals surface area contributed by atoms with E-state index in [2.05, 4.69) is 0 Å². The predicted molar refractivity (Wildman–Crippen MR) is 60.3 cm³/mol. The van der Waals surface area contributed by atoms with Crippen molar-refractivity contribution in [2.24, 2.45) is 11.5 Å². The van der Waals surface area contributed by atoms with Gasteiger partial charge in [-0.1, -0.05) is 6.07 Å².